The van der Waals surface area contributed by atoms with E-state index in [0.29, 0.717) is 17.3 Å². The average molecular weight is 275 g/mol. The molecule has 2 heterocycles. The number of rotatable bonds is 3. The van der Waals surface area contributed by atoms with E-state index in [-0.39, 0.29) is 11.5 Å². The number of aromatic amines is 2. The van der Waals surface area contributed by atoms with E-state index < -0.39 is 11.5 Å². The molecule has 1 amide bonds. The SMILES string of the molecule is Cc1cn[nH]c1NC(=O)c1c(C)nc(C(C)C)[nH]c1=O. The monoisotopic (exact) mass is 275 g/mol. The van der Waals surface area contributed by atoms with Crippen LogP contribution in [0.5, 0.6) is 0 Å². The lowest BCUT2D eigenvalue weighted by molar-refractivity contribution is 0.102. The standard InChI is InChI=1S/C13H17N5O2/c1-6(2)10-15-8(4)9(12(19)16-10)13(20)17-11-7(3)5-14-18-11/h5-6H,1-4H3,(H,15,16,19)(H2,14,17,18,20). The van der Waals surface area contributed by atoms with Crippen molar-refractivity contribution in [3.63, 3.8) is 0 Å². The Balaban J connectivity index is 2.36. The summed E-state index contributed by atoms with van der Waals surface area (Å²) < 4.78 is 0. The van der Waals surface area contributed by atoms with Gasteiger partial charge in [0, 0.05) is 11.5 Å². The van der Waals surface area contributed by atoms with Crippen LogP contribution in [0.4, 0.5) is 5.82 Å². The highest BCUT2D eigenvalue weighted by atomic mass is 16.2. The van der Waals surface area contributed by atoms with Crippen LogP contribution in [0.3, 0.4) is 0 Å². The Labute approximate surface area is 115 Å². The number of hydrogen-bond acceptors (Lipinski definition) is 4. The van der Waals surface area contributed by atoms with E-state index in [1.807, 2.05) is 13.8 Å². The molecule has 3 N–H and O–H groups in total. The number of aromatic nitrogens is 4. The smallest absolute Gasteiger partial charge is 0.264 e. The Morgan fingerprint density at radius 1 is 1.35 bits per heavy atom. The molecular weight excluding hydrogens is 258 g/mol. The molecule has 0 aliphatic heterocycles. The van der Waals surface area contributed by atoms with Crippen LogP contribution in [0.2, 0.25) is 0 Å². The van der Waals surface area contributed by atoms with Crippen molar-refractivity contribution in [1.82, 2.24) is 20.2 Å². The van der Waals surface area contributed by atoms with Crippen LogP contribution >= 0.6 is 0 Å². The molecule has 0 aliphatic rings. The van der Waals surface area contributed by atoms with Crippen molar-refractivity contribution in [2.24, 2.45) is 0 Å². The minimum absolute atomic E-state index is 0.0170. The molecule has 0 saturated carbocycles. The number of carbonyl (C=O) groups is 1. The molecule has 7 nitrogen and oxygen atoms in total. The van der Waals surface area contributed by atoms with Gasteiger partial charge in [-0.25, -0.2) is 4.98 Å². The summed E-state index contributed by atoms with van der Waals surface area (Å²) in [5, 5.41) is 9.09. The van der Waals surface area contributed by atoms with Crippen molar-refractivity contribution in [2.45, 2.75) is 33.6 Å². The van der Waals surface area contributed by atoms with Gasteiger partial charge in [0.05, 0.1) is 11.9 Å². The number of H-pyrrole nitrogens is 2. The average Bonchev–Trinajstić information content (AvgIpc) is 2.74. The van der Waals surface area contributed by atoms with Crippen LogP contribution in [0, 0.1) is 13.8 Å². The molecule has 2 aromatic heterocycles. The fourth-order valence-electron chi connectivity index (χ4n) is 1.80. The van der Waals surface area contributed by atoms with E-state index in [9.17, 15) is 9.59 Å². The number of anilines is 1. The zero-order chi connectivity index (χ0) is 14.9. The lowest BCUT2D eigenvalue weighted by atomic mass is 10.1. The van der Waals surface area contributed by atoms with Crippen LogP contribution in [0.1, 0.15) is 47.2 Å². The highest BCUT2D eigenvalue weighted by Crippen LogP contribution is 2.12. The van der Waals surface area contributed by atoms with Crippen LogP contribution in [0.25, 0.3) is 0 Å². The number of nitrogens with one attached hydrogen (secondary N) is 3. The molecular formula is C13H17N5O2. The second-order valence-electron chi connectivity index (χ2n) is 4.95. The third-order valence-electron chi connectivity index (χ3n) is 2.96. The molecule has 7 heteroatoms. The molecule has 0 saturated heterocycles. The normalized spacial score (nSPS) is 10.8. The Morgan fingerprint density at radius 2 is 2.05 bits per heavy atom. The summed E-state index contributed by atoms with van der Waals surface area (Å²) in [6.45, 7) is 7.29. The molecule has 0 bridgehead atoms. The van der Waals surface area contributed by atoms with E-state index in [4.69, 9.17) is 0 Å². The summed E-state index contributed by atoms with van der Waals surface area (Å²) in [7, 11) is 0. The largest absolute Gasteiger partial charge is 0.310 e. The van der Waals surface area contributed by atoms with Crippen molar-refractivity contribution in [3.8, 4) is 0 Å². The van der Waals surface area contributed by atoms with Gasteiger partial charge in [-0.3, -0.25) is 14.7 Å². The molecule has 20 heavy (non-hydrogen) atoms. The zero-order valence-electron chi connectivity index (χ0n) is 11.9. The number of nitrogens with zero attached hydrogens (tertiary/aromatic N) is 2. The molecule has 2 rings (SSSR count). The van der Waals surface area contributed by atoms with Gasteiger partial charge >= 0.3 is 0 Å². The van der Waals surface area contributed by atoms with E-state index in [1.165, 1.54) is 0 Å². The minimum atomic E-state index is -0.501. The Hall–Kier alpha value is -2.44. The van der Waals surface area contributed by atoms with E-state index >= 15 is 0 Å². The maximum Gasteiger partial charge on any atom is 0.264 e. The second-order valence-corrected chi connectivity index (χ2v) is 4.95. The van der Waals surface area contributed by atoms with Crippen molar-refractivity contribution in [3.05, 3.63) is 39.2 Å². The number of carbonyl (C=O) groups excluding carboxylic acids is 1. The highest BCUT2D eigenvalue weighted by Gasteiger charge is 2.18. The van der Waals surface area contributed by atoms with Gasteiger partial charge in [0.25, 0.3) is 11.5 Å². The third-order valence-corrected chi connectivity index (χ3v) is 2.96. The van der Waals surface area contributed by atoms with Crippen LogP contribution in [0.15, 0.2) is 11.0 Å². The Morgan fingerprint density at radius 3 is 2.55 bits per heavy atom. The van der Waals surface area contributed by atoms with Crippen LogP contribution in [-0.2, 0) is 0 Å². The predicted molar refractivity (Wildman–Crippen MR) is 75.0 cm³/mol. The number of hydrogen-bond donors (Lipinski definition) is 3. The van der Waals surface area contributed by atoms with Gasteiger partial charge in [-0.05, 0) is 13.8 Å². The van der Waals surface area contributed by atoms with Gasteiger partial charge in [-0.2, -0.15) is 5.10 Å². The zero-order valence-corrected chi connectivity index (χ0v) is 11.9. The van der Waals surface area contributed by atoms with Crippen molar-refractivity contribution >= 4 is 11.7 Å². The molecule has 0 aromatic carbocycles. The number of aryl methyl sites for hydroxylation is 2. The van der Waals surface area contributed by atoms with E-state index in [2.05, 4.69) is 25.5 Å². The predicted octanol–water partition coefficient (Wildman–Crippen LogP) is 1.49. The summed E-state index contributed by atoms with van der Waals surface area (Å²) in [6, 6.07) is 0. The molecule has 0 spiro atoms. The summed E-state index contributed by atoms with van der Waals surface area (Å²) in [4.78, 5) is 31.1. The summed E-state index contributed by atoms with van der Waals surface area (Å²) in [5.41, 5.74) is 0.783. The first-order valence-electron chi connectivity index (χ1n) is 6.32. The summed E-state index contributed by atoms with van der Waals surface area (Å²) in [5.74, 6) is 0.635. The van der Waals surface area contributed by atoms with Gasteiger partial charge in [0.2, 0.25) is 0 Å². The van der Waals surface area contributed by atoms with Crippen molar-refractivity contribution in [1.29, 1.82) is 0 Å². The van der Waals surface area contributed by atoms with Gasteiger partial charge in [-0.1, -0.05) is 13.8 Å². The Kier molecular flexibility index (Phi) is 3.69. The molecule has 0 atom stereocenters. The maximum absolute atomic E-state index is 12.2. The van der Waals surface area contributed by atoms with Gasteiger partial charge in [0.1, 0.15) is 17.2 Å². The van der Waals surface area contributed by atoms with Gasteiger partial charge in [-0.15, -0.1) is 0 Å². The van der Waals surface area contributed by atoms with Crippen LogP contribution < -0.4 is 10.9 Å². The lowest BCUT2D eigenvalue weighted by Gasteiger charge is -2.09. The first-order valence-corrected chi connectivity index (χ1v) is 6.32. The molecule has 0 unspecified atom stereocenters. The van der Waals surface area contributed by atoms with Crippen molar-refractivity contribution < 1.29 is 4.79 Å². The van der Waals surface area contributed by atoms with Crippen molar-refractivity contribution in [2.75, 3.05) is 5.32 Å². The quantitative estimate of drug-likeness (QED) is 0.789. The third kappa shape index (κ3) is 2.61. The molecule has 0 aliphatic carbocycles. The molecule has 106 valence electrons. The second kappa shape index (κ2) is 5.28. The fourth-order valence-corrected chi connectivity index (χ4v) is 1.80. The van der Waals surface area contributed by atoms with Gasteiger partial charge < -0.3 is 10.3 Å². The summed E-state index contributed by atoms with van der Waals surface area (Å²) >= 11 is 0. The lowest BCUT2D eigenvalue weighted by Crippen LogP contribution is -2.27. The first kappa shape index (κ1) is 14.0. The highest BCUT2D eigenvalue weighted by molar-refractivity contribution is 6.04. The molecule has 0 fully saturated rings. The number of amides is 1. The molecule has 0 radical (unpaired) electrons. The van der Waals surface area contributed by atoms with E-state index in [1.54, 1.807) is 20.0 Å². The topological polar surface area (TPSA) is 104 Å². The minimum Gasteiger partial charge on any atom is -0.310 e. The van der Waals surface area contributed by atoms with Gasteiger partial charge in [0.15, 0.2) is 0 Å². The Bertz CT molecular complexity index is 699. The first-order chi connectivity index (χ1) is 9.40. The van der Waals surface area contributed by atoms with Crippen LogP contribution in [-0.4, -0.2) is 26.1 Å². The molecule has 2 aromatic rings. The fraction of sp³-hybridized carbons (Fsp3) is 0.385. The maximum atomic E-state index is 12.2. The van der Waals surface area contributed by atoms with E-state index in [0.717, 1.165) is 5.56 Å². The summed E-state index contributed by atoms with van der Waals surface area (Å²) in [6.07, 6.45) is 1.59.